The number of nitrogens with zero attached hydrogens (tertiary/aromatic N) is 1. The van der Waals surface area contributed by atoms with Crippen molar-refractivity contribution in [2.45, 2.75) is 19.6 Å². The molecule has 0 atom stereocenters. The normalized spacial score (nSPS) is 10.3. The van der Waals surface area contributed by atoms with Gasteiger partial charge < -0.3 is 20.3 Å². The smallest absolute Gasteiger partial charge is 0.315 e. The van der Waals surface area contributed by atoms with E-state index < -0.39 is 0 Å². The summed E-state index contributed by atoms with van der Waals surface area (Å²) >= 11 is 0. The maximum absolute atomic E-state index is 11.9. The Bertz CT molecular complexity index is 646. The molecule has 0 saturated heterocycles. The molecule has 0 radical (unpaired) electrons. The summed E-state index contributed by atoms with van der Waals surface area (Å²) in [6.45, 7) is 2.57. The van der Waals surface area contributed by atoms with E-state index in [-0.39, 0.29) is 6.03 Å². The lowest BCUT2D eigenvalue weighted by Gasteiger charge is -2.19. The van der Waals surface area contributed by atoms with Crippen LogP contribution in [0.4, 0.5) is 10.5 Å². The Kier molecular flexibility index (Phi) is 7.79. The quantitative estimate of drug-likeness (QED) is 0.689. The molecule has 2 amide bonds. The number of methoxy groups -OCH3 is 1. The molecule has 2 aromatic carbocycles. The van der Waals surface area contributed by atoms with Crippen molar-refractivity contribution < 1.29 is 9.53 Å². The highest BCUT2D eigenvalue weighted by atomic mass is 16.5. The van der Waals surface area contributed by atoms with Gasteiger partial charge in [-0.2, -0.15) is 0 Å². The van der Waals surface area contributed by atoms with E-state index in [0.29, 0.717) is 19.7 Å². The first-order chi connectivity index (χ1) is 12.2. The molecule has 0 aliphatic rings. The molecule has 0 saturated carbocycles. The highest BCUT2D eigenvalue weighted by Crippen LogP contribution is 2.11. The molecule has 0 aliphatic carbocycles. The number of carbonyl (C=O) groups excluding carboxylic acids is 1. The van der Waals surface area contributed by atoms with Crippen molar-refractivity contribution in [1.29, 1.82) is 0 Å². The minimum absolute atomic E-state index is 0.144. The van der Waals surface area contributed by atoms with Crippen LogP contribution in [0.15, 0.2) is 54.6 Å². The first kappa shape index (κ1) is 18.8. The zero-order valence-electron chi connectivity index (χ0n) is 15.0. The number of benzene rings is 2. The van der Waals surface area contributed by atoms with E-state index in [2.05, 4.69) is 34.7 Å². The van der Waals surface area contributed by atoms with Gasteiger partial charge in [0.25, 0.3) is 0 Å². The lowest BCUT2D eigenvalue weighted by Crippen LogP contribution is -2.36. The third-order valence-electron chi connectivity index (χ3n) is 4.01. The minimum Gasteiger partial charge on any atom is -0.380 e. The van der Waals surface area contributed by atoms with Crippen molar-refractivity contribution in [3.05, 3.63) is 65.7 Å². The maximum atomic E-state index is 11.9. The summed E-state index contributed by atoms with van der Waals surface area (Å²) in [5.74, 6) is 0. The van der Waals surface area contributed by atoms with Crippen molar-refractivity contribution in [2.24, 2.45) is 0 Å². The number of carbonyl (C=O) groups is 1. The summed E-state index contributed by atoms with van der Waals surface area (Å²) < 4.78 is 5.18. The fraction of sp³-hybridized carbons (Fsp3) is 0.350. The van der Waals surface area contributed by atoms with Crippen LogP contribution in [0.2, 0.25) is 0 Å². The van der Waals surface area contributed by atoms with Crippen molar-refractivity contribution >= 4 is 11.7 Å². The van der Waals surface area contributed by atoms with Gasteiger partial charge in [0.15, 0.2) is 0 Å². The Morgan fingerprint density at radius 1 is 1.00 bits per heavy atom. The molecule has 2 N–H and O–H groups in total. The van der Waals surface area contributed by atoms with E-state index >= 15 is 0 Å². The molecule has 25 heavy (non-hydrogen) atoms. The molecule has 134 valence electrons. The topological polar surface area (TPSA) is 53.6 Å². The molecule has 0 bridgehead atoms. The average Bonchev–Trinajstić information content (AvgIpc) is 2.65. The second kappa shape index (κ2) is 10.4. The molecule has 2 rings (SSSR count). The van der Waals surface area contributed by atoms with Gasteiger partial charge in [-0.3, -0.25) is 0 Å². The van der Waals surface area contributed by atoms with Gasteiger partial charge in [-0.25, -0.2) is 4.79 Å². The zero-order chi connectivity index (χ0) is 17.9. The second-order valence-corrected chi connectivity index (χ2v) is 5.92. The van der Waals surface area contributed by atoms with Crippen LogP contribution in [0, 0.1) is 0 Å². The van der Waals surface area contributed by atoms with Gasteiger partial charge in [0, 0.05) is 39.5 Å². The molecule has 0 unspecified atom stereocenters. The molecule has 0 fully saturated rings. The van der Waals surface area contributed by atoms with Crippen LogP contribution in [0.5, 0.6) is 0 Å². The predicted molar refractivity (Wildman–Crippen MR) is 102 cm³/mol. The van der Waals surface area contributed by atoms with Crippen molar-refractivity contribution in [2.75, 3.05) is 32.1 Å². The molecule has 0 aromatic heterocycles. The van der Waals surface area contributed by atoms with Crippen LogP contribution in [0.1, 0.15) is 17.5 Å². The standard InChI is InChI=1S/C20H27N3O2/c1-23(19-11-4-3-5-12-19)14-8-13-21-20(24)22-15-17-9-6-7-10-18(17)16-25-2/h3-7,9-12H,8,13-16H2,1-2H3,(H2,21,22,24). The summed E-state index contributed by atoms with van der Waals surface area (Å²) in [7, 11) is 3.73. The van der Waals surface area contributed by atoms with Crippen molar-refractivity contribution in [3.8, 4) is 0 Å². The SMILES string of the molecule is COCc1ccccc1CNC(=O)NCCCN(C)c1ccccc1. The minimum atomic E-state index is -0.144. The predicted octanol–water partition coefficient (Wildman–Crippen LogP) is 3.16. The summed E-state index contributed by atoms with van der Waals surface area (Å²) in [6, 6.07) is 18.0. The molecule has 5 nitrogen and oxygen atoms in total. The van der Waals surface area contributed by atoms with Gasteiger partial charge in [0.1, 0.15) is 0 Å². The summed E-state index contributed by atoms with van der Waals surface area (Å²) in [5.41, 5.74) is 3.35. The lowest BCUT2D eigenvalue weighted by molar-refractivity contribution is 0.184. The van der Waals surface area contributed by atoms with Crippen molar-refractivity contribution in [1.82, 2.24) is 10.6 Å². The Labute approximate surface area is 150 Å². The van der Waals surface area contributed by atoms with E-state index in [4.69, 9.17) is 4.74 Å². The van der Waals surface area contributed by atoms with Gasteiger partial charge in [0.2, 0.25) is 0 Å². The Morgan fingerprint density at radius 3 is 2.40 bits per heavy atom. The molecule has 2 aromatic rings. The van der Waals surface area contributed by atoms with Gasteiger partial charge in [0.05, 0.1) is 6.61 Å². The number of para-hydroxylation sites is 1. The third kappa shape index (κ3) is 6.47. The number of amides is 2. The summed E-state index contributed by atoms with van der Waals surface area (Å²) in [6.07, 6.45) is 0.888. The van der Waals surface area contributed by atoms with E-state index in [1.54, 1.807) is 7.11 Å². The number of anilines is 1. The van der Waals surface area contributed by atoms with Gasteiger partial charge >= 0.3 is 6.03 Å². The van der Waals surface area contributed by atoms with E-state index in [0.717, 1.165) is 24.1 Å². The van der Waals surface area contributed by atoms with Gasteiger partial charge in [-0.05, 0) is 29.7 Å². The number of hydrogen-bond donors (Lipinski definition) is 2. The number of nitrogens with one attached hydrogen (secondary N) is 2. The molecular formula is C20H27N3O2. The van der Waals surface area contributed by atoms with Crippen LogP contribution in [0.25, 0.3) is 0 Å². The van der Waals surface area contributed by atoms with E-state index in [9.17, 15) is 4.79 Å². The van der Waals surface area contributed by atoms with E-state index in [1.807, 2.05) is 42.5 Å². The summed E-state index contributed by atoms with van der Waals surface area (Å²) in [4.78, 5) is 14.1. The van der Waals surface area contributed by atoms with Crippen LogP contribution < -0.4 is 15.5 Å². The molecule has 0 spiro atoms. The highest BCUT2D eigenvalue weighted by Gasteiger charge is 2.05. The molecular weight excluding hydrogens is 314 g/mol. The number of rotatable bonds is 9. The summed E-state index contributed by atoms with van der Waals surface area (Å²) in [5, 5.41) is 5.80. The maximum Gasteiger partial charge on any atom is 0.315 e. The number of ether oxygens (including phenoxy) is 1. The molecule has 0 heterocycles. The number of urea groups is 1. The van der Waals surface area contributed by atoms with Gasteiger partial charge in [-0.1, -0.05) is 42.5 Å². The monoisotopic (exact) mass is 341 g/mol. The van der Waals surface area contributed by atoms with E-state index in [1.165, 1.54) is 5.69 Å². The lowest BCUT2D eigenvalue weighted by atomic mass is 10.1. The first-order valence-electron chi connectivity index (χ1n) is 8.54. The third-order valence-corrected chi connectivity index (χ3v) is 4.01. The first-order valence-corrected chi connectivity index (χ1v) is 8.54. The van der Waals surface area contributed by atoms with Crippen LogP contribution >= 0.6 is 0 Å². The van der Waals surface area contributed by atoms with Crippen LogP contribution in [-0.2, 0) is 17.9 Å². The Balaban J connectivity index is 1.66. The van der Waals surface area contributed by atoms with Crippen LogP contribution in [0.3, 0.4) is 0 Å². The second-order valence-electron chi connectivity index (χ2n) is 5.92. The number of hydrogen-bond acceptors (Lipinski definition) is 3. The van der Waals surface area contributed by atoms with Gasteiger partial charge in [-0.15, -0.1) is 0 Å². The Hall–Kier alpha value is -2.53. The molecule has 0 aliphatic heterocycles. The van der Waals surface area contributed by atoms with Crippen molar-refractivity contribution in [3.63, 3.8) is 0 Å². The van der Waals surface area contributed by atoms with Crippen LogP contribution in [-0.4, -0.2) is 33.3 Å². The zero-order valence-corrected chi connectivity index (χ0v) is 15.0. The largest absolute Gasteiger partial charge is 0.380 e. The Morgan fingerprint density at radius 2 is 1.68 bits per heavy atom. The average molecular weight is 341 g/mol. The molecule has 5 heteroatoms. The fourth-order valence-electron chi connectivity index (χ4n) is 2.59. The highest BCUT2D eigenvalue weighted by molar-refractivity contribution is 5.73. The fourth-order valence-corrected chi connectivity index (χ4v) is 2.59.